The summed E-state index contributed by atoms with van der Waals surface area (Å²) in [5.41, 5.74) is -0.792. The fourth-order valence-corrected chi connectivity index (χ4v) is 3.64. The molecule has 0 bridgehead atoms. The van der Waals surface area contributed by atoms with Gasteiger partial charge >= 0.3 is 6.09 Å². The predicted molar refractivity (Wildman–Crippen MR) is 92.2 cm³/mol. The first kappa shape index (κ1) is 19.7. The average Bonchev–Trinajstić information content (AvgIpc) is 2.55. The van der Waals surface area contributed by atoms with Crippen molar-refractivity contribution in [2.75, 3.05) is 19.6 Å². The summed E-state index contributed by atoms with van der Waals surface area (Å²) in [5.74, 6) is -0.496. The monoisotopic (exact) mass is 372 g/mol. The Hall–Kier alpha value is -1.67. The smallest absolute Gasteiger partial charge is 0.410 e. The summed E-state index contributed by atoms with van der Waals surface area (Å²) in [6.45, 7) is 5.01. The van der Waals surface area contributed by atoms with Gasteiger partial charge in [0.2, 0.25) is 10.0 Å². The number of likely N-dealkylation sites (tertiary alicyclic amines) is 1. The summed E-state index contributed by atoms with van der Waals surface area (Å²) in [6.07, 6.45) is 3.05. The molecule has 140 valence electrons. The summed E-state index contributed by atoms with van der Waals surface area (Å²) in [7, 11) is -3.72. The lowest BCUT2D eigenvalue weighted by Crippen LogP contribution is -2.42. The van der Waals surface area contributed by atoms with Gasteiger partial charge in [-0.25, -0.2) is 22.3 Å². The number of nitrogens with one attached hydrogen (secondary N) is 1. The second-order valence-corrected chi connectivity index (χ2v) is 8.54. The molecule has 0 atom stereocenters. The van der Waals surface area contributed by atoms with Crippen molar-refractivity contribution in [3.05, 3.63) is 30.1 Å². The highest BCUT2D eigenvalue weighted by molar-refractivity contribution is 7.89. The maximum Gasteiger partial charge on any atom is 0.410 e. The molecule has 1 heterocycles. The molecule has 0 aliphatic carbocycles. The van der Waals surface area contributed by atoms with E-state index in [4.69, 9.17) is 4.74 Å². The standard InChI is InChI=1S/C17H25FN2O4S/c1-17(2,24-16(21)20-12-4-3-5-13-20)10-11-19-25(22,23)15-8-6-14(18)7-9-15/h6-9,19H,3-5,10-13H2,1-2H3. The Kier molecular flexibility index (Phi) is 6.40. The van der Waals surface area contributed by atoms with E-state index < -0.39 is 21.4 Å². The van der Waals surface area contributed by atoms with Crippen LogP contribution in [0.25, 0.3) is 0 Å². The summed E-state index contributed by atoms with van der Waals surface area (Å²) >= 11 is 0. The number of sulfonamides is 1. The highest BCUT2D eigenvalue weighted by atomic mass is 32.2. The number of benzene rings is 1. The van der Waals surface area contributed by atoms with Crippen LogP contribution >= 0.6 is 0 Å². The Morgan fingerprint density at radius 3 is 2.40 bits per heavy atom. The zero-order valence-corrected chi connectivity index (χ0v) is 15.4. The fraction of sp³-hybridized carbons (Fsp3) is 0.588. The van der Waals surface area contributed by atoms with Crippen LogP contribution < -0.4 is 4.72 Å². The maximum absolute atomic E-state index is 12.9. The Balaban J connectivity index is 1.84. The van der Waals surface area contributed by atoms with E-state index in [2.05, 4.69) is 4.72 Å². The quantitative estimate of drug-likeness (QED) is 0.833. The van der Waals surface area contributed by atoms with Gasteiger partial charge in [0.15, 0.2) is 0 Å². The van der Waals surface area contributed by atoms with Crippen molar-refractivity contribution in [2.45, 2.75) is 50.0 Å². The average molecular weight is 372 g/mol. The van der Waals surface area contributed by atoms with Crippen LogP contribution in [-0.4, -0.2) is 44.6 Å². The highest BCUT2D eigenvalue weighted by Crippen LogP contribution is 2.18. The Bertz CT molecular complexity index is 683. The normalized spacial score (nSPS) is 15.9. The molecule has 1 aromatic carbocycles. The molecule has 1 N–H and O–H groups in total. The molecule has 1 aliphatic heterocycles. The SMILES string of the molecule is CC(C)(CCNS(=O)(=O)c1ccc(F)cc1)OC(=O)N1CCCCC1. The molecule has 0 saturated carbocycles. The summed E-state index contributed by atoms with van der Waals surface area (Å²) in [4.78, 5) is 13.8. The third-order valence-corrected chi connectivity index (χ3v) is 5.60. The molecule has 1 aromatic rings. The van der Waals surface area contributed by atoms with E-state index in [1.54, 1.807) is 18.7 Å². The van der Waals surface area contributed by atoms with Gasteiger partial charge in [-0.15, -0.1) is 0 Å². The van der Waals surface area contributed by atoms with Gasteiger partial charge in [-0.3, -0.25) is 0 Å². The van der Waals surface area contributed by atoms with Crippen LogP contribution in [0.1, 0.15) is 39.5 Å². The third kappa shape index (κ3) is 5.97. The van der Waals surface area contributed by atoms with Gasteiger partial charge in [-0.1, -0.05) is 0 Å². The van der Waals surface area contributed by atoms with Crippen molar-refractivity contribution in [2.24, 2.45) is 0 Å². The van der Waals surface area contributed by atoms with Crippen molar-refractivity contribution in [1.29, 1.82) is 0 Å². The number of nitrogens with zero attached hydrogens (tertiary/aromatic N) is 1. The van der Waals surface area contributed by atoms with Gasteiger partial charge in [-0.2, -0.15) is 0 Å². The van der Waals surface area contributed by atoms with E-state index in [0.29, 0.717) is 19.5 Å². The minimum Gasteiger partial charge on any atom is -0.443 e. The first-order valence-electron chi connectivity index (χ1n) is 8.43. The van der Waals surface area contributed by atoms with E-state index in [-0.39, 0.29) is 17.5 Å². The van der Waals surface area contributed by atoms with Gasteiger partial charge in [0.25, 0.3) is 0 Å². The fourth-order valence-electron chi connectivity index (χ4n) is 2.61. The van der Waals surface area contributed by atoms with Crippen molar-refractivity contribution in [1.82, 2.24) is 9.62 Å². The van der Waals surface area contributed by atoms with E-state index in [1.807, 2.05) is 0 Å². The number of hydrogen-bond acceptors (Lipinski definition) is 4. The molecular weight excluding hydrogens is 347 g/mol. The topological polar surface area (TPSA) is 75.7 Å². The van der Waals surface area contributed by atoms with Crippen molar-refractivity contribution in [3.63, 3.8) is 0 Å². The molecule has 8 heteroatoms. The van der Waals surface area contributed by atoms with Crippen molar-refractivity contribution < 1.29 is 22.3 Å². The predicted octanol–water partition coefficient (Wildman–Crippen LogP) is 2.90. The van der Waals surface area contributed by atoms with E-state index in [0.717, 1.165) is 31.4 Å². The minimum absolute atomic E-state index is 0.00276. The van der Waals surface area contributed by atoms with Crippen LogP contribution in [0.4, 0.5) is 9.18 Å². The number of carbonyl (C=O) groups is 1. The first-order valence-corrected chi connectivity index (χ1v) is 9.91. The van der Waals surface area contributed by atoms with E-state index in [1.165, 1.54) is 12.1 Å². The molecule has 0 unspecified atom stereocenters. The third-order valence-electron chi connectivity index (χ3n) is 4.12. The lowest BCUT2D eigenvalue weighted by molar-refractivity contribution is 0.00668. The largest absolute Gasteiger partial charge is 0.443 e. The van der Waals surface area contributed by atoms with Crippen molar-refractivity contribution in [3.8, 4) is 0 Å². The number of rotatable bonds is 6. The van der Waals surface area contributed by atoms with Gasteiger partial charge in [0.05, 0.1) is 4.90 Å². The van der Waals surface area contributed by atoms with E-state index >= 15 is 0 Å². The van der Waals surface area contributed by atoms with Crippen LogP contribution in [0, 0.1) is 5.82 Å². The van der Waals surface area contributed by atoms with Crippen LogP contribution in [0.5, 0.6) is 0 Å². The molecule has 0 aromatic heterocycles. The second-order valence-electron chi connectivity index (χ2n) is 6.78. The molecule has 25 heavy (non-hydrogen) atoms. The Morgan fingerprint density at radius 2 is 1.80 bits per heavy atom. The molecule has 1 saturated heterocycles. The van der Waals surface area contributed by atoms with Crippen molar-refractivity contribution >= 4 is 16.1 Å². The lowest BCUT2D eigenvalue weighted by atomic mass is 10.1. The molecule has 6 nitrogen and oxygen atoms in total. The van der Waals surface area contributed by atoms with Gasteiger partial charge in [-0.05, 0) is 57.4 Å². The molecular formula is C17H25FN2O4S. The molecule has 0 spiro atoms. The Labute approximate surface area is 148 Å². The summed E-state index contributed by atoms with van der Waals surface area (Å²) in [5, 5.41) is 0. The van der Waals surface area contributed by atoms with Crippen LogP contribution in [-0.2, 0) is 14.8 Å². The van der Waals surface area contributed by atoms with Gasteiger partial charge in [0, 0.05) is 26.1 Å². The van der Waals surface area contributed by atoms with Gasteiger partial charge < -0.3 is 9.64 Å². The number of piperidine rings is 1. The van der Waals surface area contributed by atoms with Gasteiger partial charge in [0.1, 0.15) is 11.4 Å². The van der Waals surface area contributed by atoms with E-state index in [9.17, 15) is 17.6 Å². The molecule has 1 amide bonds. The maximum atomic E-state index is 12.9. The zero-order valence-electron chi connectivity index (χ0n) is 14.6. The molecule has 2 rings (SSSR count). The zero-order chi connectivity index (χ0) is 18.5. The molecule has 1 aliphatic rings. The molecule has 1 fully saturated rings. The lowest BCUT2D eigenvalue weighted by Gasteiger charge is -2.31. The summed E-state index contributed by atoms with van der Waals surface area (Å²) in [6, 6.07) is 4.61. The molecule has 0 radical (unpaired) electrons. The number of hydrogen-bond donors (Lipinski definition) is 1. The second kappa shape index (κ2) is 8.14. The van der Waals surface area contributed by atoms with Crippen LogP contribution in [0.15, 0.2) is 29.2 Å². The summed E-state index contributed by atoms with van der Waals surface area (Å²) < 4.78 is 45.2. The minimum atomic E-state index is -3.72. The first-order chi connectivity index (χ1) is 11.7. The van der Waals surface area contributed by atoms with Crippen LogP contribution in [0.2, 0.25) is 0 Å². The number of halogens is 1. The Morgan fingerprint density at radius 1 is 1.20 bits per heavy atom. The van der Waals surface area contributed by atoms with Crippen LogP contribution in [0.3, 0.4) is 0 Å². The number of amides is 1. The highest BCUT2D eigenvalue weighted by Gasteiger charge is 2.27. The number of carbonyl (C=O) groups excluding carboxylic acids is 1. The number of ether oxygens (including phenoxy) is 1.